The summed E-state index contributed by atoms with van der Waals surface area (Å²) in [4.78, 5) is 26.8. The first-order valence-corrected chi connectivity index (χ1v) is 5.43. The summed E-state index contributed by atoms with van der Waals surface area (Å²) in [7, 11) is 0. The van der Waals surface area contributed by atoms with Crippen LogP contribution in [0, 0.1) is 6.92 Å². The number of hydrogen-bond acceptors (Lipinski definition) is 4. The number of hydrogen-bond donors (Lipinski definition) is 3. The van der Waals surface area contributed by atoms with Crippen molar-refractivity contribution in [3.05, 3.63) is 42.0 Å². The summed E-state index contributed by atoms with van der Waals surface area (Å²) in [5, 5.41) is 11.6. The Morgan fingerprint density at radius 2 is 1.95 bits per heavy atom. The minimum Gasteiger partial charge on any atom is -0.464 e. The van der Waals surface area contributed by atoms with Gasteiger partial charge in [-0.1, -0.05) is 0 Å². The molecule has 1 heterocycles. The van der Waals surface area contributed by atoms with Crippen molar-refractivity contribution in [1.82, 2.24) is 9.55 Å². The van der Waals surface area contributed by atoms with Gasteiger partial charge in [-0.25, -0.2) is 14.3 Å². The van der Waals surface area contributed by atoms with Gasteiger partial charge in [-0.3, -0.25) is 4.79 Å². The molecule has 4 N–H and O–H groups in total. The van der Waals surface area contributed by atoms with Crippen LogP contribution in [0.15, 0.2) is 30.5 Å². The molecule has 7 heteroatoms. The molecule has 0 saturated heterocycles. The average molecular weight is 260 g/mol. The molecule has 1 amide bonds. The summed E-state index contributed by atoms with van der Waals surface area (Å²) in [5.74, 6) is -0.317. The first kappa shape index (κ1) is 12.6. The maximum Gasteiger partial charge on any atom is 0.417 e. The monoisotopic (exact) mass is 260 g/mol. The van der Waals surface area contributed by atoms with Crippen molar-refractivity contribution in [3.8, 4) is 0 Å². The SMILES string of the molecule is Cc1ncc(C(=O)Nc2ccc(N)cc2)n1C(=O)O. The fraction of sp³-hybridized carbons (Fsp3) is 0.0833. The van der Waals surface area contributed by atoms with Crippen LogP contribution in [-0.2, 0) is 0 Å². The van der Waals surface area contributed by atoms with Gasteiger partial charge in [-0.05, 0) is 31.2 Å². The molecule has 0 atom stereocenters. The molecule has 0 aliphatic rings. The highest BCUT2D eigenvalue weighted by atomic mass is 16.4. The van der Waals surface area contributed by atoms with E-state index in [2.05, 4.69) is 10.3 Å². The van der Waals surface area contributed by atoms with Crippen molar-refractivity contribution in [2.45, 2.75) is 6.92 Å². The zero-order valence-corrected chi connectivity index (χ0v) is 10.1. The number of carbonyl (C=O) groups is 2. The first-order valence-electron chi connectivity index (χ1n) is 5.43. The number of anilines is 2. The number of aromatic nitrogens is 2. The topological polar surface area (TPSA) is 110 Å². The lowest BCUT2D eigenvalue weighted by atomic mass is 10.3. The standard InChI is InChI=1S/C12H12N4O3/c1-7-14-6-10(16(7)12(18)19)11(17)15-9-4-2-8(13)3-5-9/h2-6H,13H2,1H3,(H,15,17)(H,18,19). The normalized spacial score (nSPS) is 10.2. The fourth-order valence-corrected chi connectivity index (χ4v) is 1.61. The molecule has 19 heavy (non-hydrogen) atoms. The van der Waals surface area contributed by atoms with Crippen LogP contribution in [-0.4, -0.2) is 26.7 Å². The van der Waals surface area contributed by atoms with Crippen molar-refractivity contribution in [2.24, 2.45) is 0 Å². The fourth-order valence-electron chi connectivity index (χ4n) is 1.61. The van der Waals surface area contributed by atoms with Crippen LogP contribution in [0.3, 0.4) is 0 Å². The number of amides is 1. The maximum atomic E-state index is 12.0. The van der Waals surface area contributed by atoms with Gasteiger partial charge in [0.1, 0.15) is 11.5 Å². The van der Waals surface area contributed by atoms with Gasteiger partial charge in [0.25, 0.3) is 5.91 Å². The predicted molar refractivity (Wildman–Crippen MR) is 69.2 cm³/mol. The van der Waals surface area contributed by atoms with Crippen molar-refractivity contribution in [1.29, 1.82) is 0 Å². The Kier molecular flexibility index (Phi) is 3.19. The summed E-state index contributed by atoms with van der Waals surface area (Å²) < 4.78 is 0.826. The van der Waals surface area contributed by atoms with Crippen LogP contribution >= 0.6 is 0 Å². The minimum absolute atomic E-state index is 0.0400. The summed E-state index contributed by atoms with van der Waals surface area (Å²) in [6, 6.07) is 6.52. The molecule has 0 fully saturated rings. The molecular formula is C12H12N4O3. The third-order valence-corrected chi connectivity index (χ3v) is 2.53. The van der Waals surface area contributed by atoms with Crippen LogP contribution in [0.25, 0.3) is 0 Å². The van der Waals surface area contributed by atoms with Crippen LogP contribution < -0.4 is 11.1 Å². The number of imidazole rings is 1. The van der Waals surface area contributed by atoms with E-state index in [1.165, 1.54) is 13.1 Å². The van der Waals surface area contributed by atoms with E-state index in [0.29, 0.717) is 11.4 Å². The summed E-state index contributed by atoms with van der Waals surface area (Å²) >= 11 is 0. The van der Waals surface area contributed by atoms with Gasteiger partial charge < -0.3 is 16.2 Å². The predicted octanol–water partition coefficient (Wildman–Crippen LogP) is 1.55. The number of carbonyl (C=O) groups excluding carboxylic acids is 1. The molecule has 0 unspecified atom stereocenters. The van der Waals surface area contributed by atoms with Gasteiger partial charge in [-0.15, -0.1) is 0 Å². The Morgan fingerprint density at radius 1 is 1.32 bits per heavy atom. The molecule has 0 radical (unpaired) electrons. The van der Waals surface area contributed by atoms with E-state index in [9.17, 15) is 9.59 Å². The van der Waals surface area contributed by atoms with Gasteiger partial charge in [0.2, 0.25) is 0 Å². The Balaban J connectivity index is 2.25. The number of carboxylic acid groups (broad SMARTS) is 1. The maximum absolute atomic E-state index is 12.0. The molecule has 0 aliphatic carbocycles. The molecule has 2 aromatic rings. The van der Waals surface area contributed by atoms with E-state index in [-0.39, 0.29) is 11.5 Å². The molecule has 98 valence electrons. The van der Waals surface area contributed by atoms with Gasteiger partial charge in [-0.2, -0.15) is 0 Å². The number of nitrogens with one attached hydrogen (secondary N) is 1. The quantitative estimate of drug-likeness (QED) is 0.709. The van der Waals surface area contributed by atoms with Crippen LogP contribution in [0.5, 0.6) is 0 Å². The third-order valence-electron chi connectivity index (χ3n) is 2.53. The van der Waals surface area contributed by atoms with Crippen molar-refractivity contribution < 1.29 is 14.7 Å². The Bertz CT molecular complexity index is 631. The van der Waals surface area contributed by atoms with E-state index in [4.69, 9.17) is 10.8 Å². The Morgan fingerprint density at radius 3 is 2.53 bits per heavy atom. The molecule has 1 aromatic carbocycles. The van der Waals surface area contributed by atoms with Gasteiger partial charge in [0.15, 0.2) is 0 Å². The van der Waals surface area contributed by atoms with Gasteiger partial charge >= 0.3 is 6.09 Å². The molecule has 0 saturated carbocycles. The largest absolute Gasteiger partial charge is 0.464 e. The second-order valence-corrected chi connectivity index (χ2v) is 3.88. The van der Waals surface area contributed by atoms with Crippen LogP contribution in [0.2, 0.25) is 0 Å². The summed E-state index contributed by atoms with van der Waals surface area (Å²) in [5.41, 5.74) is 6.59. The van der Waals surface area contributed by atoms with Crippen molar-refractivity contribution in [3.63, 3.8) is 0 Å². The van der Waals surface area contributed by atoms with Crippen LogP contribution in [0.1, 0.15) is 16.3 Å². The average Bonchev–Trinajstić information content (AvgIpc) is 2.74. The molecule has 7 nitrogen and oxygen atoms in total. The first-order chi connectivity index (χ1) is 8.99. The number of nitrogens with zero attached hydrogens (tertiary/aromatic N) is 2. The molecule has 2 rings (SSSR count). The highest BCUT2D eigenvalue weighted by molar-refractivity contribution is 6.04. The zero-order valence-electron chi connectivity index (χ0n) is 10.1. The number of aryl methyl sites for hydroxylation is 1. The van der Waals surface area contributed by atoms with E-state index >= 15 is 0 Å². The lowest BCUT2D eigenvalue weighted by Gasteiger charge is -2.06. The summed E-state index contributed by atoms with van der Waals surface area (Å²) in [6.07, 6.45) is -0.0340. The highest BCUT2D eigenvalue weighted by Crippen LogP contribution is 2.13. The highest BCUT2D eigenvalue weighted by Gasteiger charge is 2.18. The van der Waals surface area contributed by atoms with E-state index in [1.54, 1.807) is 24.3 Å². The van der Waals surface area contributed by atoms with E-state index in [1.807, 2.05) is 0 Å². The number of benzene rings is 1. The molecular weight excluding hydrogens is 248 g/mol. The van der Waals surface area contributed by atoms with Crippen molar-refractivity contribution in [2.75, 3.05) is 11.1 Å². The molecule has 0 bridgehead atoms. The number of nitrogen functional groups attached to an aromatic ring is 1. The smallest absolute Gasteiger partial charge is 0.417 e. The zero-order chi connectivity index (χ0) is 14.0. The molecule has 1 aromatic heterocycles. The van der Waals surface area contributed by atoms with Gasteiger partial charge in [0.05, 0.1) is 6.20 Å². The molecule has 0 spiro atoms. The number of nitrogens with two attached hydrogens (primary N) is 1. The molecule has 0 aliphatic heterocycles. The third kappa shape index (κ3) is 2.54. The second kappa shape index (κ2) is 4.81. The lowest BCUT2D eigenvalue weighted by molar-refractivity contribution is 0.101. The second-order valence-electron chi connectivity index (χ2n) is 3.88. The van der Waals surface area contributed by atoms with Crippen LogP contribution in [0.4, 0.5) is 16.2 Å². The van der Waals surface area contributed by atoms with E-state index in [0.717, 1.165) is 4.57 Å². The summed E-state index contributed by atoms with van der Waals surface area (Å²) in [6.45, 7) is 1.51. The van der Waals surface area contributed by atoms with Crippen molar-refractivity contribution >= 4 is 23.4 Å². The Labute approximate surface area is 108 Å². The Hall–Kier alpha value is -2.83. The minimum atomic E-state index is -1.25. The lowest BCUT2D eigenvalue weighted by Crippen LogP contribution is -2.21. The van der Waals surface area contributed by atoms with Gasteiger partial charge in [0, 0.05) is 11.4 Å². The number of rotatable bonds is 2. The van der Waals surface area contributed by atoms with E-state index < -0.39 is 12.0 Å².